The predicted octanol–water partition coefficient (Wildman–Crippen LogP) is 3.72. The summed E-state index contributed by atoms with van der Waals surface area (Å²) < 4.78 is 34.3. The normalized spacial score (nSPS) is 25.6. The molecule has 3 heterocycles. The molecular weight excluding hydrogens is 388 g/mol. The molecule has 5 rings (SSSR count). The van der Waals surface area contributed by atoms with Crippen LogP contribution in [-0.4, -0.2) is 35.8 Å². The summed E-state index contributed by atoms with van der Waals surface area (Å²) >= 11 is 0. The van der Waals surface area contributed by atoms with E-state index in [0.717, 1.165) is 49.6 Å². The number of ether oxygens (including phenoxy) is 1. The second kappa shape index (κ2) is 7.47. The number of carbonyl (C=O) groups is 1. The molecule has 0 aliphatic carbocycles. The van der Waals surface area contributed by atoms with Crippen LogP contribution in [0.15, 0.2) is 47.6 Å². The molecule has 1 spiro atoms. The first-order valence-electron chi connectivity index (χ1n) is 10.4. The fraction of sp³-hybridized carbons (Fsp3) is 0.391. The number of hydrazone groups is 1. The van der Waals surface area contributed by atoms with Crippen molar-refractivity contribution in [2.75, 3.05) is 13.2 Å². The maximum Gasteiger partial charge on any atom is 0.260 e. The van der Waals surface area contributed by atoms with Gasteiger partial charge in [0.2, 0.25) is 0 Å². The molecule has 1 fully saturated rings. The quantitative estimate of drug-likeness (QED) is 0.820. The molecule has 5 nitrogen and oxygen atoms in total. The van der Waals surface area contributed by atoms with Crippen LogP contribution in [0.2, 0.25) is 0 Å². The van der Waals surface area contributed by atoms with Crippen LogP contribution in [-0.2, 0) is 10.3 Å². The van der Waals surface area contributed by atoms with E-state index in [2.05, 4.69) is 10.4 Å². The summed E-state index contributed by atoms with van der Waals surface area (Å²) in [6, 6.07) is 10.6. The Balaban J connectivity index is 1.62. The van der Waals surface area contributed by atoms with Crippen molar-refractivity contribution in [2.24, 2.45) is 5.10 Å². The molecule has 1 N–H and O–H groups in total. The maximum atomic E-state index is 14.6. The summed E-state index contributed by atoms with van der Waals surface area (Å²) in [7, 11) is 0. The number of hydrogen-bond acceptors (Lipinski definition) is 4. The molecule has 2 atom stereocenters. The lowest BCUT2D eigenvalue weighted by atomic mass is 9.79. The van der Waals surface area contributed by atoms with Gasteiger partial charge in [-0.1, -0.05) is 24.6 Å². The van der Waals surface area contributed by atoms with E-state index < -0.39 is 17.2 Å². The number of benzene rings is 2. The zero-order chi connectivity index (χ0) is 20.7. The van der Waals surface area contributed by atoms with Gasteiger partial charge in [-0.15, -0.1) is 0 Å². The van der Waals surface area contributed by atoms with Crippen LogP contribution >= 0.6 is 0 Å². The second-order valence-electron chi connectivity index (χ2n) is 8.13. The number of carbonyl (C=O) groups excluding carboxylic acids is 1. The Morgan fingerprint density at radius 1 is 1.20 bits per heavy atom. The van der Waals surface area contributed by atoms with Gasteiger partial charge in [-0.25, -0.2) is 13.8 Å². The minimum absolute atomic E-state index is 0.102. The molecule has 3 aliphatic rings. The standard InChI is InChI=1S/C23H23F2N3O2/c24-15-8-9-18(25)16(13-15)20-14-23(10-12-30-21-7-2-1-5-17(21)23)28(27-20)22(29)19-6-3-4-11-26-19/h1-2,5,7-9,13,19,26H,3-4,6,10-12,14H2. The highest BCUT2D eigenvalue weighted by Crippen LogP contribution is 2.48. The van der Waals surface area contributed by atoms with Gasteiger partial charge in [0.15, 0.2) is 0 Å². The van der Waals surface area contributed by atoms with Crippen molar-refractivity contribution in [1.82, 2.24) is 10.3 Å². The average Bonchev–Trinajstić information content (AvgIpc) is 3.15. The Bertz CT molecular complexity index is 1020. The number of para-hydroxylation sites is 1. The summed E-state index contributed by atoms with van der Waals surface area (Å²) in [4.78, 5) is 13.6. The number of rotatable bonds is 2. The van der Waals surface area contributed by atoms with E-state index in [-0.39, 0.29) is 17.5 Å². The topological polar surface area (TPSA) is 53.9 Å². The van der Waals surface area contributed by atoms with Crippen molar-refractivity contribution < 1.29 is 18.3 Å². The van der Waals surface area contributed by atoms with Crippen molar-refractivity contribution in [3.63, 3.8) is 0 Å². The monoisotopic (exact) mass is 411 g/mol. The summed E-state index contributed by atoms with van der Waals surface area (Å²) in [6.07, 6.45) is 3.59. The van der Waals surface area contributed by atoms with Crippen molar-refractivity contribution in [1.29, 1.82) is 0 Å². The highest BCUT2D eigenvalue weighted by molar-refractivity contribution is 6.04. The zero-order valence-electron chi connectivity index (χ0n) is 16.5. The fourth-order valence-electron chi connectivity index (χ4n) is 4.79. The van der Waals surface area contributed by atoms with Crippen LogP contribution in [0.3, 0.4) is 0 Å². The van der Waals surface area contributed by atoms with Gasteiger partial charge in [0.05, 0.1) is 18.4 Å². The summed E-state index contributed by atoms with van der Waals surface area (Å²) in [5.41, 5.74) is 0.577. The van der Waals surface area contributed by atoms with E-state index in [1.165, 1.54) is 5.01 Å². The number of halogens is 2. The molecular formula is C23H23F2N3O2. The Morgan fingerprint density at radius 2 is 2.07 bits per heavy atom. The van der Waals surface area contributed by atoms with Gasteiger partial charge in [-0.2, -0.15) is 5.10 Å². The Kier molecular flexibility index (Phi) is 4.77. The number of hydrogen-bond donors (Lipinski definition) is 1. The highest BCUT2D eigenvalue weighted by Gasteiger charge is 2.51. The van der Waals surface area contributed by atoms with Crippen molar-refractivity contribution in [2.45, 2.75) is 43.7 Å². The number of amides is 1. The highest BCUT2D eigenvalue weighted by atomic mass is 19.1. The summed E-state index contributed by atoms with van der Waals surface area (Å²) in [6.45, 7) is 1.21. The number of fused-ring (bicyclic) bond motifs is 2. The predicted molar refractivity (Wildman–Crippen MR) is 108 cm³/mol. The van der Waals surface area contributed by atoms with Crippen molar-refractivity contribution in [3.05, 3.63) is 65.2 Å². The number of nitrogens with one attached hydrogen (secondary N) is 1. The van der Waals surface area contributed by atoms with Crippen LogP contribution in [0.5, 0.6) is 5.75 Å². The first-order chi connectivity index (χ1) is 14.6. The molecule has 0 bridgehead atoms. The maximum absolute atomic E-state index is 14.6. The smallest absolute Gasteiger partial charge is 0.260 e. The zero-order valence-corrected chi connectivity index (χ0v) is 16.5. The van der Waals surface area contributed by atoms with Crippen LogP contribution in [0.25, 0.3) is 0 Å². The van der Waals surface area contributed by atoms with Crippen LogP contribution in [0, 0.1) is 11.6 Å². The van der Waals surface area contributed by atoms with Gasteiger partial charge in [0.1, 0.15) is 22.9 Å². The fourth-order valence-corrected chi connectivity index (χ4v) is 4.79. The first-order valence-corrected chi connectivity index (χ1v) is 10.4. The van der Waals surface area contributed by atoms with E-state index in [0.29, 0.717) is 30.9 Å². The first kappa shape index (κ1) is 19.2. The van der Waals surface area contributed by atoms with Gasteiger partial charge < -0.3 is 10.1 Å². The molecule has 2 aromatic rings. The minimum atomic E-state index is -0.765. The Morgan fingerprint density at radius 3 is 2.90 bits per heavy atom. The molecule has 30 heavy (non-hydrogen) atoms. The van der Waals surface area contributed by atoms with Gasteiger partial charge >= 0.3 is 0 Å². The van der Waals surface area contributed by atoms with Gasteiger partial charge in [-0.3, -0.25) is 4.79 Å². The van der Waals surface area contributed by atoms with E-state index in [1.54, 1.807) is 0 Å². The molecule has 1 saturated heterocycles. The molecule has 7 heteroatoms. The number of piperidine rings is 1. The molecule has 3 aliphatic heterocycles. The lowest BCUT2D eigenvalue weighted by Gasteiger charge is -2.42. The SMILES string of the molecule is O=C(C1CCCCN1)N1N=C(c2cc(F)ccc2F)CC12CCOc1ccccc12. The molecule has 156 valence electrons. The average molecular weight is 411 g/mol. The number of nitrogens with zero attached hydrogens (tertiary/aromatic N) is 2. The summed E-state index contributed by atoms with van der Waals surface area (Å²) in [5, 5.41) is 9.43. The third-order valence-electron chi connectivity index (χ3n) is 6.30. The van der Waals surface area contributed by atoms with Crippen molar-refractivity contribution in [3.8, 4) is 5.75 Å². The van der Waals surface area contributed by atoms with Gasteiger partial charge in [-0.05, 0) is 43.7 Å². The van der Waals surface area contributed by atoms with E-state index >= 15 is 0 Å². The lowest BCUT2D eigenvalue weighted by molar-refractivity contribution is -0.141. The Labute approximate surface area is 173 Å². The van der Waals surface area contributed by atoms with E-state index in [4.69, 9.17) is 4.74 Å². The summed E-state index contributed by atoms with van der Waals surface area (Å²) in [5.74, 6) is -0.502. The Hall–Kier alpha value is -2.80. The van der Waals surface area contributed by atoms with Gasteiger partial charge in [0.25, 0.3) is 5.91 Å². The third kappa shape index (κ3) is 3.08. The van der Waals surface area contributed by atoms with E-state index in [9.17, 15) is 13.6 Å². The molecule has 1 amide bonds. The minimum Gasteiger partial charge on any atom is -0.493 e. The second-order valence-corrected chi connectivity index (χ2v) is 8.13. The van der Waals surface area contributed by atoms with Gasteiger partial charge in [0, 0.05) is 24.0 Å². The molecule has 2 aromatic carbocycles. The molecule has 2 unspecified atom stereocenters. The largest absolute Gasteiger partial charge is 0.493 e. The molecule has 0 saturated carbocycles. The van der Waals surface area contributed by atoms with Crippen LogP contribution in [0.1, 0.15) is 43.2 Å². The third-order valence-corrected chi connectivity index (χ3v) is 6.30. The van der Waals surface area contributed by atoms with E-state index in [1.807, 2.05) is 24.3 Å². The lowest BCUT2D eigenvalue weighted by Crippen LogP contribution is -2.54. The van der Waals surface area contributed by atoms with Crippen LogP contribution in [0.4, 0.5) is 8.78 Å². The molecule has 0 radical (unpaired) electrons. The van der Waals surface area contributed by atoms with Crippen molar-refractivity contribution >= 4 is 11.6 Å². The van der Waals surface area contributed by atoms with Crippen LogP contribution < -0.4 is 10.1 Å². The molecule has 0 aromatic heterocycles.